The molecule has 0 radical (unpaired) electrons. The Morgan fingerprint density at radius 1 is 1.22 bits per heavy atom. The summed E-state index contributed by atoms with van der Waals surface area (Å²) < 4.78 is 67.3. The quantitative estimate of drug-likeness (QED) is 0.234. The van der Waals surface area contributed by atoms with E-state index in [0.717, 1.165) is 0 Å². The molecule has 2 atom stereocenters. The standard InChI is InChI=1S/C25H34N6O8S2/c1-26-40(34,35)20-5-3-4-19(10-20)38-16-18(32)13-27-17-12-25(39-15-17)6-8-31(9-7-25)41(36,37)21-11-22-23(28-14-21)29-24(33)30(22)2/h3-5,10-11,14,17-18,26-27,32H,6-9,12-13,15-16H2,1-2H3,(H,28,29,33)/t17-,18?/m1/s1. The van der Waals surface area contributed by atoms with Crippen molar-refractivity contribution in [1.82, 2.24) is 28.9 Å². The monoisotopic (exact) mass is 610 g/mol. The van der Waals surface area contributed by atoms with E-state index < -0.39 is 31.8 Å². The summed E-state index contributed by atoms with van der Waals surface area (Å²) in [7, 11) is -4.52. The van der Waals surface area contributed by atoms with Crippen LogP contribution in [0.1, 0.15) is 19.3 Å². The molecule has 2 aliphatic rings. The molecular formula is C25H34N6O8S2. The Balaban J connectivity index is 1.10. The summed E-state index contributed by atoms with van der Waals surface area (Å²) in [6.45, 7) is 1.23. The number of pyridine rings is 1. The van der Waals surface area contributed by atoms with Gasteiger partial charge in [0.2, 0.25) is 20.0 Å². The molecule has 5 rings (SSSR count). The van der Waals surface area contributed by atoms with E-state index in [4.69, 9.17) is 9.47 Å². The van der Waals surface area contributed by atoms with Gasteiger partial charge < -0.3 is 19.9 Å². The number of aromatic nitrogens is 3. The van der Waals surface area contributed by atoms with Gasteiger partial charge in [-0.15, -0.1) is 0 Å². The number of nitrogens with zero attached hydrogens (tertiary/aromatic N) is 3. The molecule has 16 heteroatoms. The van der Waals surface area contributed by atoms with E-state index in [1.54, 1.807) is 19.2 Å². The van der Waals surface area contributed by atoms with Crippen LogP contribution in [0.4, 0.5) is 0 Å². The van der Waals surface area contributed by atoms with Crippen molar-refractivity contribution < 1.29 is 31.4 Å². The molecule has 0 bridgehead atoms. The fourth-order valence-electron chi connectivity index (χ4n) is 5.23. The van der Waals surface area contributed by atoms with Gasteiger partial charge in [-0.25, -0.2) is 31.3 Å². The van der Waals surface area contributed by atoms with Gasteiger partial charge in [0.25, 0.3) is 0 Å². The number of aliphatic hydroxyl groups is 1. The van der Waals surface area contributed by atoms with Crippen LogP contribution in [0.15, 0.2) is 51.1 Å². The fraction of sp³-hybridized carbons (Fsp3) is 0.520. The first-order valence-electron chi connectivity index (χ1n) is 13.2. The molecule has 2 fully saturated rings. The second-order valence-electron chi connectivity index (χ2n) is 10.4. The Hall–Kier alpha value is -2.86. The minimum Gasteiger partial charge on any atom is -0.491 e. The molecule has 0 saturated carbocycles. The Morgan fingerprint density at radius 3 is 2.71 bits per heavy atom. The lowest BCUT2D eigenvalue weighted by molar-refractivity contribution is -0.0312. The van der Waals surface area contributed by atoms with Gasteiger partial charge in [-0.1, -0.05) is 6.07 Å². The number of sulfonamides is 2. The van der Waals surface area contributed by atoms with Crippen LogP contribution in [-0.2, 0) is 31.8 Å². The van der Waals surface area contributed by atoms with E-state index in [1.807, 2.05) is 0 Å². The molecule has 2 aliphatic heterocycles. The highest BCUT2D eigenvalue weighted by Crippen LogP contribution is 2.37. The van der Waals surface area contributed by atoms with E-state index in [9.17, 15) is 26.7 Å². The van der Waals surface area contributed by atoms with Crippen molar-refractivity contribution in [2.45, 2.75) is 46.8 Å². The number of rotatable bonds is 10. The van der Waals surface area contributed by atoms with Gasteiger partial charge >= 0.3 is 5.69 Å². The Labute approximate surface area is 237 Å². The van der Waals surface area contributed by atoms with Gasteiger partial charge in [0.1, 0.15) is 23.4 Å². The number of imidazole rings is 1. The molecule has 0 amide bonds. The number of aryl methyl sites for hydroxylation is 1. The Kier molecular flexibility index (Phi) is 8.26. The molecule has 1 aromatic carbocycles. The number of hydrogen-bond donors (Lipinski definition) is 4. The summed E-state index contributed by atoms with van der Waals surface area (Å²) in [6, 6.07) is 7.48. The van der Waals surface area contributed by atoms with Crippen LogP contribution in [0.5, 0.6) is 5.75 Å². The smallest absolute Gasteiger partial charge is 0.327 e. The number of fused-ring (bicyclic) bond motifs is 1. The van der Waals surface area contributed by atoms with Crippen molar-refractivity contribution in [3.63, 3.8) is 0 Å². The van der Waals surface area contributed by atoms with Crippen molar-refractivity contribution in [3.8, 4) is 5.75 Å². The van der Waals surface area contributed by atoms with Crippen molar-refractivity contribution in [3.05, 3.63) is 47.0 Å². The third kappa shape index (κ3) is 6.18. The lowest BCUT2D eigenvalue weighted by atomic mass is 9.88. The average Bonchev–Trinajstić information content (AvgIpc) is 3.50. The van der Waals surface area contributed by atoms with Crippen molar-refractivity contribution in [1.29, 1.82) is 0 Å². The topological polar surface area (TPSA) is 185 Å². The minimum absolute atomic E-state index is 0.0154. The van der Waals surface area contributed by atoms with Crippen LogP contribution in [0.2, 0.25) is 0 Å². The molecule has 14 nitrogen and oxygen atoms in total. The number of benzene rings is 1. The van der Waals surface area contributed by atoms with Gasteiger partial charge in [-0.2, -0.15) is 4.31 Å². The first-order valence-corrected chi connectivity index (χ1v) is 16.1. The summed E-state index contributed by atoms with van der Waals surface area (Å²) >= 11 is 0. The predicted molar refractivity (Wildman–Crippen MR) is 149 cm³/mol. The SMILES string of the molecule is CNS(=O)(=O)c1cccc(OCC(O)CN[C@H]2COC3(CCN(S(=O)(=O)c4cnc5[nH]c(=O)n(C)c5c4)CC3)C2)c1. The van der Waals surface area contributed by atoms with Crippen LogP contribution in [0.25, 0.3) is 11.2 Å². The zero-order valence-electron chi connectivity index (χ0n) is 22.7. The average molecular weight is 611 g/mol. The van der Waals surface area contributed by atoms with Crippen LogP contribution in [0, 0.1) is 0 Å². The molecule has 4 heterocycles. The lowest BCUT2D eigenvalue weighted by Crippen LogP contribution is -2.47. The third-order valence-corrected chi connectivity index (χ3v) is 11.0. The zero-order chi connectivity index (χ0) is 29.4. The molecule has 1 unspecified atom stereocenters. The number of ether oxygens (including phenoxy) is 2. The summed E-state index contributed by atoms with van der Waals surface area (Å²) in [5.74, 6) is 0.332. The predicted octanol–water partition coefficient (Wildman–Crippen LogP) is -0.489. The van der Waals surface area contributed by atoms with E-state index in [0.29, 0.717) is 42.8 Å². The van der Waals surface area contributed by atoms with Gasteiger partial charge in [0.15, 0.2) is 5.65 Å². The summed E-state index contributed by atoms with van der Waals surface area (Å²) in [5, 5.41) is 13.7. The third-order valence-electron chi connectivity index (χ3n) is 7.68. The number of piperidine rings is 1. The molecule has 3 aromatic rings. The maximum Gasteiger partial charge on any atom is 0.327 e. The van der Waals surface area contributed by atoms with Crippen LogP contribution >= 0.6 is 0 Å². The molecule has 1 spiro atoms. The molecule has 2 aromatic heterocycles. The van der Waals surface area contributed by atoms with E-state index >= 15 is 0 Å². The first kappa shape index (κ1) is 29.6. The first-order chi connectivity index (χ1) is 19.4. The van der Waals surface area contributed by atoms with Crippen molar-refractivity contribution >= 4 is 31.2 Å². The van der Waals surface area contributed by atoms with Crippen LogP contribution < -0.4 is 20.5 Å². The number of hydrogen-bond acceptors (Lipinski definition) is 10. The van der Waals surface area contributed by atoms with Crippen LogP contribution in [-0.4, -0.2) is 98.4 Å². The number of H-pyrrole nitrogens is 1. The molecule has 224 valence electrons. The second-order valence-corrected chi connectivity index (χ2v) is 14.2. The fourth-order valence-corrected chi connectivity index (χ4v) is 7.40. The van der Waals surface area contributed by atoms with Crippen LogP contribution in [0.3, 0.4) is 0 Å². The summed E-state index contributed by atoms with van der Waals surface area (Å²) in [5.41, 5.74) is -0.0636. The van der Waals surface area contributed by atoms with Crippen molar-refractivity contribution in [2.75, 3.05) is 39.9 Å². The maximum atomic E-state index is 13.3. The van der Waals surface area contributed by atoms with Crippen molar-refractivity contribution in [2.24, 2.45) is 7.05 Å². The molecule has 0 aliphatic carbocycles. The minimum atomic E-state index is -3.80. The number of aromatic amines is 1. The summed E-state index contributed by atoms with van der Waals surface area (Å²) in [6.07, 6.45) is 2.16. The second kappa shape index (κ2) is 11.4. The number of aliphatic hydroxyl groups excluding tert-OH is 1. The van der Waals surface area contributed by atoms with Gasteiger partial charge in [-0.05, 0) is 44.5 Å². The van der Waals surface area contributed by atoms with E-state index in [-0.39, 0.29) is 47.8 Å². The highest BCUT2D eigenvalue weighted by Gasteiger charge is 2.44. The zero-order valence-corrected chi connectivity index (χ0v) is 24.4. The van der Waals surface area contributed by atoms with E-state index in [2.05, 4.69) is 20.0 Å². The number of nitrogens with one attached hydrogen (secondary N) is 3. The highest BCUT2D eigenvalue weighted by molar-refractivity contribution is 7.89. The van der Waals surface area contributed by atoms with Gasteiger partial charge in [0, 0.05) is 45.0 Å². The Morgan fingerprint density at radius 2 is 1.98 bits per heavy atom. The van der Waals surface area contributed by atoms with E-state index in [1.165, 1.54) is 40.3 Å². The molecule has 2 saturated heterocycles. The molecular weight excluding hydrogens is 576 g/mol. The summed E-state index contributed by atoms with van der Waals surface area (Å²) in [4.78, 5) is 18.7. The largest absolute Gasteiger partial charge is 0.491 e. The maximum absolute atomic E-state index is 13.3. The highest BCUT2D eigenvalue weighted by atomic mass is 32.2. The molecule has 41 heavy (non-hydrogen) atoms. The normalized spacial score (nSPS) is 20.5. The van der Waals surface area contributed by atoms with Gasteiger partial charge in [-0.3, -0.25) is 9.55 Å². The lowest BCUT2D eigenvalue weighted by Gasteiger charge is -2.38. The molecule has 4 N–H and O–H groups in total. The van der Waals surface area contributed by atoms with Gasteiger partial charge in [0.05, 0.1) is 22.6 Å². The Bertz CT molecular complexity index is 1680.